The zero-order chi connectivity index (χ0) is 15.5. The van der Waals surface area contributed by atoms with Gasteiger partial charge in [0.15, 0.2) is 0 Å². The van der Waals surface area contributed by atoms with Crippen LogP contribution in [0.5, 0.6) is 0 Å². The number of aryl methyl sites for hydroxylation is 1. The van der Waals surface area contributed by atoms with Gasteiger partial charge in [-0.25, -0.2) is 4.98 Å². The molecular weight excluding hydrogens is 297 g/mol. The Morgan fingerprint density at radius 3 is 2.62 bits per heavy atom. The van der Waals surface area contributed by atoms with Crippen molar-refractivity contribution < 1.29 is 13.2 Å². The lowest BCUT2D eigenvalue weighted by atomic mass is 9.97. The molecular formula is C15H17F3N2S. The van der Waals surface area contributed by atoms with E-state index < -0.39 is 11.7 Å². The highest BCUT2D eigenvalue weighted by Gasteiger charge is 2.31. The number of nitrogens with zero attached hydrogens (tertiary/aromatic N) is 1. The molecule has 21 heavy (non-hydrogen) atoms. The number of thiazole rings is 1. The number of nitrogens with one attached hydrogen (secondary N) is 1. The van der Waals surface area contributed by atoms with Gasteiger partial charge in [0.2, 0.25) is 0 Å². The van der Waals surface area contributed by atoms with Gasteiger partial charge in [-0.05, 0) is 43.1 Å². The third-order valence-corrected chi connectivity index (χ3v) is 3.86. The van der Waals surface area contributed by atoms with Crippen LogP contribution in [0.1, 0.15) is 41.8 Å². The summed E-state index contributed by atoms with van der Waals surface area (Å²) in [5.41, 5.74) is 3.41. The average molecular weight is 314 g/mol. The van der Waals surface area contributed by atoms with Gasteiger partial charge in [0.05, 0.1) is 22.8 Å². The molecule has 0 aliphatic carbocycles. The summed E-state index contributed by atoms with van der Waals surface area (Å²) in [4.78, 5) is 4.29. The van der Waals surface area contributed by atoms with Crippen molar-refractivity contribution in [1.29, 1.82) is 0 Å². The number of benzene rings is 1. The lowest BCUT2D eigenvalue weighted by molar-refractivity contribution is -0.137. The molecule has 1 heterocycles. The first-order valence-electron chi connectivity index (χ1n) is 6.72. The first kappa shape index (κ1) is 16.0. The second-order valence-electron chi connectivity index (χ2n) is 4.87. The monoisotopic (exact) mass is 314 g/mol. The Morgan fingerprint density at radius 1 is 1.33 bits per heavy atom. The zero-order valence-electron chi connectivity index (χ0n) is 11.9. The molecule has 0 fully saturated rings. The minimum Gasteiger partial charge on any atom is -0.305 e. The molecule has 0 aliphatic heterocycles. The summed E-state index contributed by atoms with van der Waals surface area (Å²) in [6.45, 7) is 4.53. The van der Waals surface area contributed by atoms with Crippen molar-refractivity contribution in [3.8, 4) is 0 Å². The van der Waals surface area contributed by atoms with E-state index in [-0.39, 0.29) is 6.04 Å². The Kier molecular flexibility index (Phi) is 5.00. The molecule has 1 aromatic heterocycles. The molecule has 0 saturated heterocycles. The fraction of sp³-hybridized carbons (Fsp3) is 0.400. The maximum atomic E-state index is 12.8. The van der Waals surface area contributed by atoms with Crippen LogP contribution in [0.3, 0.4) is 0 Å². The first-order chi connectivity index (χ1) is 9.93. The number of rotatable bonds is 5. The topological polar surface area (TPSA) is 24.9 Å². The molecule has 0 amide bonds. The van der Waals surface area contributed by atoms with Crippen LogP contribution >= 0.6 is 11.3 Å². The van der Waals surface area contributed by atoms with Crippen molar-refractivity contribution in [2.24, 2.45) is 0 Å². The number of hydrogen-bond donors (Lipinski definition) is 1. The molecule has 0 radical (unpaired) electrons. The third kappa shape index (κ3) is 3.83. The normalized spacial score (nSPS) is 13.4. The fourth-order valence-electron chi connectivity index (χ4n) is 2.20. The van der Waals surface area contributed by atoms with Crippen LogP contribution < -0.4 is 5.32 Å². The Bertz CT molecular complexity index is 579. The van der Waals surface area contributed by atoms with Crippen molar-refractivity contribution in [2.45, 2.75) is 32.5 Å². The van der Waals surface area contributed by atoms with Gasteiger partial charge in [-0.2, -0.15) is 13.2 Å². The molecule has 0 saturated carbocycles. The zero-order valence-corrected chi connectivity index (χ0v) is 12.7. The molecule has 0 spiro atoms. The predicted octanol–water partition coefficient (Wildman–Crippen LogP) is 4.56. The van der Waals surface area contributed by atoms with Crippen LogP contribution in [0.25, 0.3) is 0 Å². The third-order valence-electron chi connectivity index (χ3n) is 3.25. The number of hydrogen-bond acceptors (Lipinski definition) is 3. The summed E-state index contributed by atoms with van der Waals surface area (Å²) in [7, 11) is 0. The van der Waals surface area contributed by atoms with E-state index in [2.05, 4.69) is 10.3 Å². The molecule has 1 N–H and O–H groups in total. The molecule has 1 atom stereocenters. The SMILES string of the molecule is CCCNC(c1cscn1)c1ccc(C(F)(F)F)cc1C. The van der Waals surface area contributed by atoms with Crippen LogP contribution in [0.2, 0.25) is 0 Å². The second kappa shape index (κ2) is 6.58. The quantitative estimate of drug-likeness (QED) is 0.875. The van der Waals surface area contributed by atoms with Gasteiger partial charge in [0.25, 0.3) is 0 Å². The van der Waals surface area contributed by atoms with E-state index in [4.69, 9.17) is 0 Å². The average Bonchev–Trinajstić information content (AvgIpc) is 2.93. The molecule has 2 aromatic rings. The highest BCUT2D eigenvalue weighted by molar-refractivity contribution is 7.07. The maximum absolute atomic E-state index is 12.8. The van der Waals surface area contributed by atoms with Crippen molar-refractivity contribution in [1.82, 2.24) is 10.3 Å². The lowest BCUT2D eigenvalue weighted by Crippen LogP contribution is -2.24. The molecule has 0 aliphatic rings. The number of aromatic nitrogens is 1. The second-order valence-corrected chi connectivity index (χ2v) is 5.59. The van der Waals surface area contributed by atoms with Gasteiger partial charge in [-0.3, -0.25) is 0 Å². The number of halogens is 3. The summed E-state index contributed by atoms with van der Waals surface area (Å²) >= 11 is 1.48. The molecule has 2 nitrogen and oxygen atoms in total. The molecule has 6 heteroatoms. The molecule has 2 rings (SSSR count). The highest BCUT2D eigenvalue weighted by Crippen LogP contribution is 2.33. The summed E-state index contributed by atoms with van der Waals surface area (Å²) in [5, 5.41) is 5.27. The van der Waals surface area contributed by atoms with Crippen molar-refractivity contribution in [3.05, 3.63) is 51.5 Å². The summed E-state index contributed by atoms with van der Waals surface area (Å²) in [6, 6.07) is 3.71. The van der Waals surface area contributed by atoms with Crippen molar-refractivity contribution in [2.75, 3.05) is 6.54 Å². The van der Waals surface area contributed by atoms with Gasteiger partial charge in [0, 0.05) is 5.38 Å². The van der Waals surface area contributed by atoms with Gasteiger partial charge < -0.3 is 5.32 Å². The van der Waals surface area contributed by atoms with E-state index in [0.717, 1.165) is 30.3 Å². The van der Waals surface area contributed by atoms with Crippen LogP contribution in [-0.2, 0) is 6.18 Å². The summed E-state index contributed by atoms with van der Waals surface area (Å²) < 4.78 is 38.3. The maximum Gasteiger partial charge on any atom is 0.416 e. The minimum atomic E-state index is -4.31. The van der Waals surface area contributed by atoms with E-state index in [1.165, 1.54) is 17.4 Å². The number of alkyl halides is 3. The van der Waals surface area contributed by atoms with Gasteiger partial charge >= 0.3 is 6.18 Å². The van der Waals surface area contributed by atoms with E-state index in [9.17, 15) is 13.2 Å². The molecule has 1 aromatic carbocycles. The largest absolute Gasteiger partial charge is 0.416 e. The van der Waals surface area contributed by atoms with E-state index in [0.29, 0.717) is 5.56 Å². The molecule has 114 valence electrons. The Balaban J connectivity index is 2.36. The molecule has 0 bridgehead atoms. The van der Waals surface area contributed by atoms with Crippen LogP contribution in [0.4, 0.5) is 13.2 Å². The van der Waals surface area contributed by atoms with E-state index in [1.54, 1.807) is 18.5 Å². The standard InChI is InChI=1S/C15H17F3N2S/c1-3-6-19-14(13-8-21-9-20-13)12-5-4-11(7-10(12)2)15(16,17)18/h4-5,7-9,14,19H,3,6H2,1-2H3. The summed E-state index contributed by atoms with van der Waals surface area (Å²) in [5.74, 6) is 0. The van der Waals surface area contributed by atoms with Crippen LogP contribution in [0, 0.1) is 6.92 Å². The van der Waals surface area contributed by atoms with Crippen LogP contribution in [0.15, 0.2) is 29.1 Å². The predicted molar refractivity (Wildman–Crippen MR) is 78.4 cm³/mol. The smallest absolute Gasteiger partial charge is 0.305 e. The highest BCUT2D eigenvalue weighted by atomic mass is 32.1. The van der Waals surface area contributed by atoms with E-state index >= 15 is 0 Å². The Morgan fingerprint density at radius 2 is 2.10 bits per heavy atom. The van der Waals surface area contributed by atoms with Crippen molar-refractivity contribution >= 4 is 11.3 Å². The van der Waals surface area contributed by atoms with Gasteiger partial charge in [-0.15, -0.1) is 11.3 Å². The first-order valence-corrected chi connectivity index (χ1v) is 7.67. The Hall–Kier alpha value is -1.40. The van der Waals surface area contributed by atoms with E-state index in [1.807, 2.05) is 12.3 Å². The minimum absolute atomic E-state index is 0.168. The lowest BCUT2D eigenvalue weighted by Gasteiger charge is -2.20. The molecule has 1 unspecified atom stereocenters. The van der Waals surface area contributed by atoms with Gasteiger partial charge in [-0.1, -0.05) is 13.0 Å². The van der Waals surface area contributed by atoms with Gasteiger partial charge in [0.1, 0.15) is 0 Å². The van der Waals surface area contributed by atoms with Crippen molar-refractivity contribution in [3.63, 3.8) is 0 Å². The Labute approximate surface area is 126 Å². The van der Waals surface area contributed by atoms with Crippen LogP contribution in [-0.4, -0.2) is 11.5 Å². The summed E-state index contributed by atoms with van der Waals surface area (Å²) in [6.07, 6.45) is -3.36. The fourth-order valence-corrected chi connectivity index (χ4v) is 2.78.